The molecule has 0 aliphatic heterocycles. The van der Waals surface area contributed by atoms with Crippen molar-refractivity contribution in [1.82, 2.24) is 0 Å². The number of hydrogen-bond acceptors (Lipinski definition) is 3. The van der Waals surface area contributed by atoms with Crippen molar-refractivity contribution in [3.8, 4) is 5.75 Å². The number of alkyl halides is 1. The molecule has 4 nitrogen and oxygen atoms in total. The van der Waals surface area contributed by atoms with Crippen molar-refractivity contribution in [2.75, 3.05) is 6.61 Å². The van der Waals surface area contributed by atoms with Gasteiger partial charge in [0.25, 0.3) is 0 Å². The summed E-state index contributed by atoms with van der Waals surface area (Å²) in [5.74, 6) is 0.229. The average Bonchev–Trinajstić information content (AvgIpc) is 2.81. The summed E-state index contributed by atoms with van der Waals surface area (Å²) in [6, 6.07) is 6.11. The minimum Gasteiger partial charge on any atom is -0.493 e. The molecule has 2 rings (SSSR count). The quantitative estimate of drug-likeness (QED) is 0.376. The largest absolute Gasteiger partial charge is 0.493 e. The number of halogens is 1. The molecule has 0 amide bonds. The number of carbonyl (C=O) groups is 1. The number of ether oxygens (including phenoxy) is 1. The summed E-state index contributed by atoms with van der Waals surface area (Å²) < 4.78 is 5.96. The predicted octanol–water partition coefficient (Wildman–Crippen LogP) is 4.49. The van der Waals surface area contributed by atoms with Crippen molar-refractivity contribution in [2.45, 2.75) is 57.4 Å². The number of hydrogen-bond donors (Lipinski definition) is 2. The van der Waals surface area contributed by atoms with Crippen molar-refractivity contribution in [3.05, 3.63) is 41.5 Å². The van der Waals surface area contributed by atoms with Gasteiger partial charge in [-0.2, -0.15) is 0 Å². The number of unbranched alkanes of at least 4 members (excludes halogenated alkanes) is 1. The Bertz CT molecular complexity index is 608. The number of benzene rings is 1. The maximum atomic E-state index is 10.5. The Labute approximate surface area is 160 Å². The molecule has 1 fully saturated rings. The fraction of sp³-hybridized carbons (Fsp3) is 0.571. The summed E-state index contributed by atoms with van der Waals surface area (Å²) in [4.78, 5) is 10.5. The lowest BCUT2D eigenvalue weighted by molar-refractivity contribution is -0.137. The Morgan fingerprint density at radius 3 is 2.58 bits per heavy atom. The molecule has 0 saturated heterocycles. The van der Waals surface area contributed by atoms with Gasteiger partial charge in [-0.25, -0.2) is 0 Å². The van der Waals surface area contributed by atoms with Crippen LogP contribution in [0.5, 0.6) is 5.75 Å². The fourth-order valence-electron chi connectivity index (χ4n) is 3.64. The second-order valence-electron chi connectivity index (χ2n) is 7.27. The zero-order valence-electron chi connectivity index (χ0n) is 15.5. The van der Waals surface area contributed by atoms with E-state index in [1.165, 1.54) is 0 Å². The van der Waals surface area contributed by atoms with E-state index in [1.807, 2.05) is 32.1 Å². The van der Waals surface area contributed by atoms with E-state index >= 15 is 0 Å². The van der Waals surface area contributed by atoms with Gasteiger partial charge in [0.1, 0.15) is 5.75 Å². The van der Waals surface area contributed by atoms with Gasteiger partial charge in [-0.1, -0.05) is 18.2 Å². The van der Waals surface area contributed by atoms with E-state index in [1.54, 1.807) is 0 Å². The van der Waals surface area contributed by atoms with Gasteiger partial charge < -0.3 is 14.9 Å². The second-order valence-corrected chi connectivity index (χ2v) is 7.83. The molecule has 144 valence electrons. The number of aliphatic carboxylic acids is 1. The van der Waals surface area contributed by atoms with E-state index in [0.717, 1.165) is 29.7 Å². The van der Waals surface area contributed by atoms with Crippen LogP contribution < -0.4 is 4.74 Å². The van der Waals surface area contributed by atoms with Crippen LogP contribution in [-0.2, 0) is 4.79 Å². The highest BCUT2D eigenvalue weighted by molar-refractivity contribution is 6.21. The average molecular weight is 381 g/mol. The molecular formula is C21H29ClO4. The number of rotatable bonds is 9. The molecule has 1 aromatic carbocycles. The third-order valence-corrected chi connectivity index (χ3v) is 5.45. The zero-order chi connectivity index (χ0) is 19.1. The molecule has 1 aliphatic carbocycles. The summed E-state index contributed by atoms with van der Waals surface area (Å²) >= 11 is 6.45. The highest BCUT2D eigenvalue weighted by Crippen LogP contribution is 2.39. The van der Waals surface area contributed by atoms with E-state index in [2.05, 4.69) is 12.1 Å². The standard InChI is InChI=1S/C21H29ClO4/c1-14-9-15(2)11-16(10-14)26-13-18-17(19(22)12-20(18)23)7-5-3-4-6-8-21(24)25/h3,5,9-11,17-20,23H,4,6-8,12-13H2,1-2H3,(H,24,25)/b5-3-/t17-,18-,19+,20-/m1/s1. The first-order valence-corrected chi connectivity index (χ1v) is 9.70. The zero-order valence-corrected chi connectivity index (χ0v) is 16.3. The first-order chi connectivity index (χ1) is 12.4. The van der Waals surface area contributed by atoms with Crippen LogP contribution in [0, 0.1) is 25.7 Å². The molecule has 5 heteroatoms. The van der Waals surface area contributed by atoms with Crippen molar-refractivity contribution in [3.63, 3.8) is 0 Å². The van der Waals surface area contributed by atoms with E-state index in [4.69, 9.17) is 21.4 Å². The van der Waals surface area contributed by atoms with Gasteiger partial charge in [0, 0.05) is 17.7 Å². The Hall–Kier alpha value is -1.52. The molecule has 0 radical (unpaired) electrons. The molecule has 0 spiro atoms. The van der Waals surface area contributed by atoms with Gasteiger partial charge in [-0.05, 0) is 68.7 Å². The summed E-state index contributed by atoms with van der Waals surface area (Å²) in [6.45, 7) is 4.53. The topological polar surface area (TPSA) is 66.8 Å². The Balaban J connectivity index is 1.88. The Kier molecular flexibility index (Phi) is 7.98. The van der Waals surface area contributed by atoms with Gasteiger partial charge in [-0.15, -0.1) is 11.6 Å². The molecule has 1 saturated carbocycles. The molecule has 0 unspecified atom stereocenters. The highest BCUT2D eigenvalue weighted by atomic mass is 35.5. The van der Waals surface area contributed by atoms with Crippen LogP contribution >= 0.6 is 11.6 Å². The molecule has 0 heterocycles. The number of carboxylic acid groups (broad SMARTS) is 1. The van der Waals surface area contributed by atoms with Gasteiger partial charge in [0.2, 0.25) is 0 Å². The first-order valence-electron chi connectivity index (χ1n) is 9.27. The van der Waals surface area contributed by atoms with Crippen molar-refractivity contribution < 1.29 is 19.7 Å². The van der Waals surface area contributed by atoms with Crippen LogP contribution in [0.4, 0.5) is 0 Å². The summed E-state index contributed by atoms with van der Waals surface area (Å²) in [6.07, 6.45) is 6.56. The first kappa shape index (κ1) is 20.8. The predicted molar refractivity (Wildman–Crippen MR) is 104 cm³/mol. The maximum absolute atomic E-state index is 10.5. The fourth-order valence-corrected chi connectivity index (χ4v) is 4.11. The summed E-state index contributed by atoms with van der Waals surface area (Å²) in [5.41, 5.74) is 2.31. The Morgan fingerprint density at radius 1 is 1.23 bits per heavy atom. The molecule has 26 heavy (non-hydrogen) atoms. The lowest BCUT2D eigenvalue weighted by atomic mass is 9.92. The molecular weight excluding hydrogens is 352 g/mol. The van der Waals surface area contributed by atoms with Gasteiger partial charge in [0.15, 0.2) is 0 Å². The van der Waals surface area contributed by atoms with Crippen LogP contribution in [0.1, 0.15) is 43.2 Å². The van der Waals surface area contributed by atoms with Crippen LogP contribution in [0.15, 0.2) is 30.4 Å². The van der Waals surface area contributed by atoms with E-state index in [-0.39, 0.29) is 23.6 Å². The van der Waals surface area contributed by atoms with Gasteiger partial charge in [-0.3, -0.25) is 4.79 Å². The number of allylic oxidation sites excluding steroid dienone is 2. The number of aliphatic hydroxyl groups is 1. The number of aliphatic hydroxyl groups excluding tert-OH is 1. The van der Waals surface area contributed by atoms with Gasteiger partial charge >= 0.3 is 5.97 Å². The molecule has 0 bridgehead atoms. The molecule has 2 N–H and O–H groups in total. The number of carboxylic acids is 1. The normalized spacial score (nSPS) is 25.7. The minimum atomic E-state index is -0.762. The van der Waals surface area contributed by atoms with E-state index < -0.39 is 12.1 Å². The van der Waals surface area contributed by atoms with Crippen molar-refractivity contribution in [2.24, 2.45) is 11.8 Å². The van der Waals surface area contributed by atoms with Gasteiger partial charge in [0.05, 0.1) is 12.7 Å². The minimum absolute atomic E-state index is 0.00184. The lowest BCUT2D eigenvalue weighted by Crippen LogP contribution is -2.27. The van der Waals surface area contributed by atoms with Crippen LogP contribution in [0.25, 0.3) is 0 Å². The SMILES string of the molecule is Cc1cc(C)cc(OC[C@@H]2[C@@H](C/C=C\CCCC(=O)O)[C@@H](Cl)C[C@H]2O)c1. The summed E-state index contributed by atoms with van der Waals surface area (Å²) in [7, 11) is 0. The van der Waals surface area contributed by atoms with Crippen LogP contribution in [0.2, 0.25) is 0 Å². The molecule has 4 atom stereocenters. The van der Waals surface area contributed by atoms with E-state index in [0.29, 0.717) is 19.4 Å². The summed E-state index contributed by atoms with van der Waals surface area (Å²) in [5, 5.41) is 18.9. The third-order valence-electron chi connectivity index (χ3n) is 4.95. The van der Waals surface area contributed by atoms with Crippen LogP contribution in [-0.4, -0.2) is 34.3 Å². The maximum Gasteiger partial charge on any atom is 0.303 e. The highest BCUT2D eigenvalue weighted by Gasteiger charge is 2.41. The molecule has 1 aromatic rings. The van der Waals surface area contributed by atoms with Crippen LogP contribution in [0.3, 0.4) is 0 Å². The number of aryl methyl sites for hydroxylation is 2. The smallest absolute Gasteiger partial charge is 0.303 e. The monoisotopic (exact) mass is 380 g/mol. The van der Waals surface area contributed by atoms with Crippen molar-refractivity contribution >= 4 is 17.6 Å². The third kappa shape index (κ3) is 6.33. The molecule has 0 aromatic heterocycles. The second kappa shape index (κ2) is 9.98. The molecule has 1 aliphatic rings. The van der Waals surface area contributed by atoms with Crippen molar-refractivity contribution in [1.29, 1.82) is 0 Å². The Morgan fingerprint density at radius 2 is 1.92 bits per heavy atom. The van der Waals surface area contributed by atoms with E-state index in [9.17, 15) is 9.90 Å². The lowest BCUT2D eigenvalue weighted by Gasteiger charge is -2.23.